The minimum atomic E-state index is -1.35. The van der Waals surface area contributed by atoms with E-state index in [1.54, 1.807) is 24.3 Å². The average Bonchev–Trinajstić information content (AvgIpc) is 2.38. The molecule has 1 aromatic carbocycles. The minimum Gasteiger partial charge on any atom is -0.480 e. The molecule has 0 saturated heterocycles. The second-order valence-electron chi connectivity index (χ2n) is 3.70. The highest BCUT2D eigenvalue weighted by atomic mass is 16.4. The number of amides is 2. The molecule has 4 N–H and O–H groups in total. The van der Waals surface area contributed by atoms with Gasteiger partial charge in [-0.2, -0.15) is 5.26 Å². The van der Waals surface area contributed by atoms with Gasteiger partial charge in [-0.1, -0.05) is 12.1 Å². The number of carboxylic acids is 1. The summed E-state index contributed by atoms with van der Waals surface area (Å²) in [6.45, 7) is -0.691. The number of urea groups is 1. The van der Waals surface area contributed by atoms with Crippen LogP contribution in [-0.2, 0) is 11.2 Å². The molecule has 19 heavy (non-hydrogen) atoms. The monoisotopic (exact) mass is 263 g/mol. The maximum atomic E-state index is 11.4. The third kappa shape index (κ3) is 4.65. The van der Waals surface area contributed by atoms with Crippen molar-refractivity contribution in [3.8, 4) is 6.07 Å². The molecule has 0 aliphatic heterocycles. The van der Waals surface area contributed by atoms with Gasteiger partial charge in [-0.15, -0.1) is 0 Å². The lowest BCUT2D eigenvalue weighted by atomic mass is 10.1. The zero-order valence-corrected chi connectivity index (χ0v) is 9.96. The predicted octanol–water partition coefficient (Wildman–Crippen LogP) is 0.320. The number of nitriles is 1. The molecule has 1 rings (SSSR count). The van der Waals surface area contributed by atoms with Gasteiger partial charge >= 0.3 is 12.0 Å². The van der Waals surface area contributed by atoms with Gasteiger partial charge in [0.1, 0.15) is 0 Å². The van der Waals surface area contributed by atoms with Crippen molar-refractivity contribution in [2.45, 2.75) is 12.5 Å². The Bertz CT molecular complexity index is 493. The maximum absolute atomic E-state index is 11.4. The van der Waals surface area contributed by atoms with Crippen LogP contribution in [0.1, 0.15) is 5.56 Å². The Morgan fingerprint density at radius 3 is 2.42 bits per heavy atom. The summed E-state index contributed by atoms with van der Waals surface area (Å²) in [5.41, 5.74) is 1.27. The summed E-state index contributed by atoms with van der Waals surface area (Å²) in [4.78, 5) is 22.0. The molecule has 0 aliphatic carbocycles. The van der Waals surface area contributed by atoms with E-state index < -0.39 is 24.6 Å². The van der Waals surface area contributed by atoms with Gasteiger partial charge in [0.15, 0.2) is 6.04 Å². The third-order valence-electron chi connectivity index (χ3n) is 2.28. The predicted molar refractivity (Wildman–Crippen MR) is 66.4 cm³/mol. The quantitative estimate of drug-likeness (QED) is 0.609. The molecule has 0 aromatic heterocycles. The fourth-order valence-electron chi connectivity index (χ4n) is 1.31. The van der Waals surface area contributed by atoms with E-state index in [0.29, 0.717) is 5.69 Å². The van der Waals surface area contributed by atoms with Crippen LogP contribution < -0.4 is 10.6 Å². The molecule has 2 amide bonds. The number of carbonyl (C=O) groups excluding carboxylic acids is 1. The molecule has 1 atom stereocenters. The van der Waals surface area contributed by atoms with E-state index in [-0.39, 0.29) is 6.42 Å². The lowest BCUT2D eigenvalue weighted by molar-refractivity contribution is -0.140. The van der Waals surface area contributed by atoms with Crippen LogP contribution in [0, 0.1) is 11.3 Å². The normalized spacial score (nSPS) is 11.2. The van der Waals surface area contributed by atoms with E-state index in [1.165, 1.54) is 0 Å². The van der Waals surface area contributed by atoms with Crippen LogP contribution in [0.4, 0.5) is 10.5 Å². The highest BCUT2D eigenvalue weighted by Gasteiger charge is 2.18. The van der Waals surface area contributed by atoms with Crippen LogP contribution in [0.5, 0.6) is 0 Å². The van der Waals surface area contributed by atoms with Gasteiger partial charge in [0.2, 0.25) is 0 Å². The molecule has 1 aromatic rings. The third-order valence-corrected chi connectivity index (χ3v) is 2.28. The molecule has 0 fully saturated rings. The number of aliphatic hydroxyl groups is 1. The fraction of sp³-hybridized carbons (Fsp3) is 0.250. The largest absolute Gasteiger partial charge is 0.480 e. The molecule has 0 heterocycles. The molecule has 0 saturated carbocycles. The molecule has 7 heteroatoms. The van der Waals surface area contributed by atoms with Crippen LogP contribution in [0.15, 0.2) is 24.3 Å². The number of aliphatic carboxylic acids is 1. The summed E-state index contributed by atoms with van der Waals surface area (Å²) in [6, 6.07) is 6.48. The zero-order valence-electron chi connectivity index (χ0n) is 9.96. The molecular formula is C12H13N3O4. The lowest BCUT2D eigenvalue weighted by Crippen LogP contribution is -2.45. The van der Waals surface area contributed by atoms with Gasteiger partial charge in [0.05, 0.1) is 19.1 Å². The Labute approximate surface area is 109 Å². The number of hydrogen-bond acceptors (Lipinski definition) is 4. The average molecular weight is 263 g/mol. The first-order valence-electron chi connectivity index (χ1n) is 5.44. The maximum Gasteiger partial charge on any atom is 0.328 e. The molecule has 0 spiro atoms. The number of nitrogens with zero attached hydrogens (tertiary/aromatic N) is 1. The second-order valence-corrected chi connectivity index (χ2v) is 3.70. The highest BCUT2D eigenvalue weighted by molar-refractivity contribution is 5.92. The summed E-state index contributed by atoms with van der Waals surface area (Å²) >= 11 is 0. The van der Waals surface area contributed by atoms with Crippen molar-refractivity contribution in [2.24, 2.45) is 0 Å². The van der Waals surface area contributed by atoms with E-state index in [1.807, 2.05) is 6.07 Å². The van der Waals surface area contributed by atoms with Crippen molar-refractivity contribution in [2.75, 3.05) is 11.9 Å². The fourth-order valence-corrected chi connectivity index (χ4v) is 1.31. The zero-order chi connectivity index (χ0) is 14.3. The van der Waals surface area contributed by atoms with E-state index >= 15 is 0 Å². The number of hydrogen-bond donors (Lipinski definition) is 4. The molecule has 7 nitrogen and oxygen atoms in total. The van der Waals surface area contributed by atoms with Crippen molar-refractivity contribution in [1.82, 2.24) is 5.32 Å². The summed E-state index contributed by atoms with van der Waals surface area (Å²) in [5, 5.41) is 30.4. The Morgan fingerprint density at radius 1 is 1.32 bits per heavy atom. The number of aliphatic hydroxyl groups excluding tert-OH is 1. The first kappa shape index (κ1) is 14.5. The SMILES string of the molecule is N#CCc1ccc(NC(=O)N[C@@H](CO)C(=O)O)cc1. The van der Waals surface area contributed by atoms with Crippen LogP contribution >= 0.6 is 0 Å². The second kappa shape index (κ2) is 6.98. The number of anilines is 1. The number of carbonyl (C=O) groups is 2. The molecule has 0 radical (unpaired) electrons. The summed E-state index contributed by atoms with van der Waals surface area (Å²) in [7, 11) is 0. The van der Waals surface area contributed by atoms with E-state index in [4.69, 9.17) is 15.5 Å². The van der Waals surface area contributed by atoms with Crippen LogP contribution in [0.3, 0.4) is 0 Å². The molecule has 0 unspecified atom stereocenters. The molecule has 100 valence electrons. The number of carboxylic acid groups (broad SMARTS) is 1. The number of rotatable bonds is 5. The van der Waals surface area contributed by atoms with E-state index in [9.17, 15) is 9.59 Å². The van der Waals surface area contributed by atoms with Crippen molar-refractivity contribution in [1.29, 1.82) is 5.26 Å². The van der Waals surface area contributed by atoms with Gasteiger partial charge in [0.25, 0.3) is 0 Å². The Kier molecular flexibility index (Phi) is 5.32. The van der Waals surface area contributed by atoms with E-state index in [0.717, 1.165) is 5.56 Å². The standard InChI is InChI=1S/C12H13N3O4/c13-6-5-8-1-3-9(4-2-8)14-12(19)15-10(7-16)11(17)18/h1-4,10,16H,5,7H2,(H,17,18)(H2,14,15,19)/t10-/m0/s1. The van der Waals surface area contributed by atoms with Crippen molar-refractivity contribution >= 4 is 17.7 Å². The lowest BCUT2D eigenvalue weighted by Gasteiger charge is -2.12. The summed E-state index contributed by atoms with van der Waals surface area (Å²) in [6.07, 6.45) is 0.276. The van der Waals surface area contributed by atoms with Gasteiger partial charge in [0, 0.05) is 5.69 Å². The molecule has 0 aliphatic rings. The van der Waals surface area contributed by atoms with Crippen molar-refractivity contribution in [3.05, 3.63) is 29.8 Å². The van der Waals surface area contributed by atoms with Crippen LogP contribution in [0.2, 0.25) is 0 Å². The molecule has 0 bridgehead atoms. The van der Waals surface area contributed by atoms with Gasteiger partial charge < -0.3 is 20.8 Å². The topological polar surface area (TPSA) is 122 Å². The van der Waals surface area contributed by atoms with Gasteiger partial charge in [-0.25, -0.2) is 9.59 Å². The smallest absolute Gasteiger partial charge is 0.328 e. The van der Waals surface area contributed by atoms with E-state index in [2.05, 4.69) is 10.6 Å². The number of nitrogens with one attached hydrogen (secondary N) is 2. The van der Waals surface area contributed by atoms with Crippen LogP contribution in [0.25, 0.3) is 0 Å². The first-order chi connectivity index (χ1) is 9.06. The van der Waals surface area contributed by atoms with Crippen LogP contribution in [-0.4, -0.2) is 34.9 Å². The number of benzene rings is 1. The van der Waals surface area contributed by atoms with Crippen molar-refractivity contribution < 1.29 is 19.8 Å². The summed E-state index contributed by atoms with van der Waals surface area (Å²) < 4.78 is 0. The Morgan fingerprint density at radius 2 is 1.95 bits per heavy atom. The minimum absolute atomic E-state index is 0.276. The first-order valence-corrected chi connectivity index (χ1v) is 5.44. The van der Waals surface area contributed by atoms with Gasteiger partial charge in [-0.05, 0) is 17.7 Å². The van der Waals surface area contributed by atoms with Gasteiger partial charge in [-0.3, -0.25) is 0 Å². The van der Waals surface area contributed by atoms with Crippen molar-refractivity contribution in [3.63, 3.8) is 0 Å². The summed E-state index contributed by atoms with van der Waals surface area (Å²) in [5.74, 6) is -1.32. The molecular weight excluding hydrogens is 250 g/mol. The Hall–Kier alpha value is -2.59. The Balaban J connectivity index is 2.57. The highest BCUT2D eigenvalue weighted by Crippen LogP contribution is 2.09.